The lowest BCUT2D eigenvalue weighted by molar-refractivity contribution is -0.127. The van der Waals surface area contributed by atoms with Crippen LogP contribution in [0.25, 0.3) is 0 Å². The largest absolute Gasteiger partial charge is 0.491 e. The monoisotopic (exact) mass is 346 g/mol. The van der Waals surface area contributed by atoms with Gasteiger partial charge in [-0.1, -0.05) is 54.1 Å². The number of hydrogen-bond donors (Lipinski definition) is 2. The van der Waals surface area contributed by atoms with Crippen LogP contribution in [-0.4, -0.2) is 24.5 Å². The van der Waals surface area contributed by atoms with Crippen molar-refractivity contribution in [2.75, 3.05) is 6.61 Å². The first-order chi connectivity index (χ1) is 11.6. The van der Waals surface area contributed by atoms with E-state index in [1.807, 2.05) is 30.3 Å². The predicted molar refractivity (Wildman–Crippen MR) is 92.8 cm³/mol. The summed E-state index contributed by atoms with van der Waals surface area (Å²) in [6, 6.07) is 15.6. The minimum atomic E-state index is -0.750. The number of carbonyl (C=O) groups is 2. The lowest BCUT2D eigenvalue weighted by Crippen LogP contribution is -2.46. The average Bonchev–Trinajstić information content (AvgIpc) is 2.57. The highest BCUT2D eigenvalue weighted by atomic mass is 35.5. The van der Waals surface area contributed by atoms with E-state index in [0.29, 0.717) is 17.2 Å². The number of halogens is 1. The van der Waals surface area contributed by atoms with E-state index in [0.717, 1.165) is 5.56 Å². The molecule has 0 aliphatic rings. The van der Waals surface area contributed by atoms with Gasteiger partial charge in [0.05, 0.1) is 18.1 Å². The van der Waals surface area contributed by atoms with E-state index >= 15 is 0 Å². The fourth-order valence-electron chi connectivity index (χ4n) is 2.15. The van der Waals surface area contributed by atoms with Gasteiger partial charge in [-0.2, -0.15) is 0 Å². The van der Waals surface area contributed by atoms with Crippen LogP contribution in [0.3, 0.4) is 0 Å². The third-order valence-corrected chi connectivity index (χ3v) is 3.70. The quantitative estimate of drug-likeness (QED) is 0.769. The first-order valence-electron chi connectivity index (χ1n) is 7.56. The standard InChI is InChI=1S/C18H19ClN2O3/c19-14-8-4-5-9-16(14)24-11-10-17(22)21-15(18(20)23)12-13-6-2-1-3-7-13/h1-9,15H,10-12H2,(H2,20,23)(H,21,22)/t15-/m1/s1. The number of para-hydroxylation sites is 1. The minimum absolute atomic E-state index is 0.101. The van der Waals surface area contributed by atoms with Crippen molar-refractivity contribution < 1.29 is 14.3 Å². The van der Waals surface area contributed by atoms with E-state index in [2.05, 4.69) is 5.32 Å². The van der Waals surface area contributed by atoms with Crippen LogP contribution in [0.4, 0.5) is 0 Å². The normalized spacial score (nSPS) is 11.5. The summed E-state index contributed by atoms with van der Waals surface area (Å²) >= 11 is 5.97. The summed E-state index contributed by atoms with van der Waals surface area (Å²) in [5, 5.41) is 3.12. The van der Waals surface area contributed by atoms with Gasteiger partial charge in [0, 0.05) is 6.42 Å². The summed E-state index contributed by atoms with van der Waals surface area (Å²) in [4.78, 5) is 23.5. The second kappa shape index (κ2) is 8.93. The summed E-state index contributed by atoms with van der Waals surface area (Å²) < 4.78 is 5.46. The van der Waals surface area contributed by atoms with Crippen molar-refractivity contribution in [2.24, 2.45) is 5.73 Å². The molecule has 2 aromatic carbocycles. The third kappa shape index (κ3) is 5.59. The number of amides is 2. The van der Waals surface area contributed by atoms with Gasteiger partial charge in [0.2, 0.25) is 11.8 Å². The Kier molecular flexibility index (Phi) is 6.63. The first-order valence-corrected chi connectivity index (χ1v) is 7.94. The molecule has 5 nitrogen and oxygen atoms in total. The molecule has 0 fully saturated rings. The van der Waals surface area contributed by atoms with E-state index in [4.69, 9.17) is 22.1 Å². The molecule has 6 heteroatoms. The van der Waals surface area contributed by atoms with Gasteiger partial charge in [0.15, 0.2) is 0 Å². The van der Waals surface area contributed by atoms with Crippen molar-refractivity contribution in [3.63, 3.8) is 0 Å². The highest BCUT2D eigenvalue weighted by molar-refractivity contribution is 6.32. The molecule has 2 amide bonds. The highest BCUT2D eigenvalue weighted by Crippen LogP contribution is 2.23. The molecule has 0 saturated carbocycles. The van der Waals surface area contributed by atoms with Crippen LogP contribution in [0.15, 0.2) is 54.6 Å². The zero-order chi connectivity index (χ0) is 17.4. The van der Waals surface area contributed by atoms with Gasteiger partial charge >= 0.3 is 0 Å². The van der Waals surface area contributed by atoms with Gasteiger partial charge in [-0.05, 0) is 17.7 Å². The number of carbonyl (C=O) groups excluding carboxylic acids is 2. The van der Waals surface area contributed by atoms with E-state index in [1.54, 1.807) is 24.3 Å². The van der Waals surface area contributed by atoms with Crippen LogP contribution < -0.4 is 15.8 Å². The molecule has 24 heavy (non-hydrogen) atoms. The Labute approximate surface area is 145 Å². The smallest absolute Gasteiger partial charge is 0.240 e. The number of benzene rings is 2. The molecule has 3 N–H and O–H groups in total. The molecule has 0 radical (unpaired) electrons. The fraction of sp³-hybridized carbons (Fsp3) is 0.222. The zero-order valence-corrected chi connectivity index (χ0v) is 13.8. The van der Waals surface area contributed by atoms with Crippen molar-refractivity contribution in [3.05, 3.63) is 65.2 Å². The third-order valence-electron chi connectivity index (χ3n) is 3.38. The molecule has 2 rings (SSSR count). The Bertz CT molecular complexity index is 692. The number of ether oxygens (including phenoxy) is 1. The SMILES string of the molecule is NC(=O)[C@@H](Cc1ccccc1)NC(=O)CCOc1ccccc1Cl. The van der Waals surface area contributed by atoms with Gasteiger partial charge < -0.3 is 15.8 Å². The Morgan fingerprint density at radius 1 is 1.08 bits per heavy atom. The predicted octanol–water partition coefficient (Wildman–Crippen LogP) is 2.32. The summed E-state index contributed by atoms with van der Waals surface area (Å²) in [6.07, 6.45) is 0.455. The Balaban J connectivity index is 1.82. The minimum Gasteiger partial charge on any atom is -0.491 e. The molecule has 126 valence electrons. The van der Waals surface area contributed by atoms with Crippen molar-refractivity contribution in [1.29, 1.82) is 0 Å². The molecule has 0 spiro atoms. The molecule has 0 aliphatic heterocycles. The van der Waals surface area contributed by atoms with Crippen LogP contribution in [-0.2, 0) is 16.0 Å². The van der Waals surface area contributed by atoms with Crippen molar-refractivity contribution in [1.82, 2.24) is 5.32 Å². The maximum absolute atomic E-state index is 12.0. The van der Waals surface area contributed by atoms with Gasteiger partial charge in [0.25, 0.3) is 0 Å². The molecule has 2 aromatic rings. The zero-order valence-electron chi connectivity index (χ0n) is 13.1. The highest BCUT2D eigenvalue weighted by Gasteiger charge is 2.18. The lowest BCUT2D eigenvalue weighted by atomic mass is 10.1. The van der Waals surface area contributed by atoms with Crippen molar-refractivity contribution in [3.8, 4) is 5.75 Å². The van der Waals surface area contributed by atoms with E-state index in [1.165, 1.54) is 0 Å². The Morgan fingerprint density at radius 2 is 1.75 bits per heavy atom. The molecule has 0 saturated heterocycles. The second-order valence-corrected chi connectivity index (χ2v) is 5.65. The van der Waals surface area contributed by atoms with Crippen LogP contribution in [0, 0.1) is 0 Å². The van der Waals surface area contributed by atoms with Crippen LogP contribution in [0.5, 0.6) is 5.75 Å². The molecule has 0 bridgehead atoms. The topological polar surface area (TPSA) is 81.4 Å². The average molecular weight is 347 g/mol. The summed E-state index contributed by atoms with van der Waals surface area (Å²) in [7, 11) is 0. The Morgan fingerprint density at radius 3 is 2.42 bits per heavy atom. The van der Waals surface area contributed by atoms with Gasteiger partial charge in [-0.15, -0.1) is 0 Å². The fourth-order valence-corrected chi connectivity index (χ4v) is 2.34. The number of nitrogens with one attached hydrogen (secondary N) is 1. The van der Waals surface area contributed by atoms with E-state index < -0.39 is 11.9 Å². The van der Waals surface area contributed by atoms with E-state index in [9.17, 15) is 9.59 Å². The summed E-state index contributed by atoms with van der Waals surface area (Å²) in [5.41, 5.74) is 6.29. The van der Waals surface area contributed by atoms with Gasteiger partial charge in [-0.25, -0.2) is 0 Å². The van der Waals surface area contributed by atoms with Crippen LogP contribution in [0.1, 0.15) is 12.0 Å². The molecular weight excluding hydrogens is 328 g/mol. The van der Waals surface area contributed by atoms with Gasteiger partial charge in [0.1, 0.15) is 11.8 Å². The van der Waals surface area contributed by atoms with Gasteiger partial charge in [-0.3, -0.25) is 9.59 Å². The molecule has 0 aliphatic carbocycles. The maximum Gasteiger partial charge on any atom is 0.240 e. The Hall–Kier alpha value is -2.53. The van der Waals surface area contributed by atoms with Crippen molar-refractivity contribution >= 4 is 23.4 Å². The molecule has 1 atom stereocenters. The number of hydrogen-bond acceptors (Lipinski definition) is 3. The number of nitrogens with two attached hydrogens (primary N) is 1. The first kappa shape index (κ1) is 17.8. The second-order valence-electron chi connectivity index (χ2n) is 5.24. The molecule has 0 unspecified atom stereocenters. The molecular formula is C18H19ClN2O3. The lowest BCUT2D eigenvalue weighted by Gasteiger charge is -2.16. The van der Waals surface area contributed by atoms with Crippen LogP contribution >= 0.6 is 11.6 Å². The van der Waals surface area contributed by atoms with Crippen LogP contribution in [0.2, 0.25) is 5.02 Å². The molecule has 0 heterocycles. The number of rotatable bonds is 8. The summed E-state index contributed by atoms with van der Waals surface area (Å²) in [6.45, 7) is 0.159. The van der Waals surface area contributed by atoms with E-state index in [-0.39, 0.29) is 18.9 Å². The molecule has 0 aromatic heterocycles. The number of primary amides is 1. The van der Waals surface area contributed by atoms with Crippen molar-refractivity contribution in [2.45, 2.75) is 18.9 Å². The summed E-state index contributed by atoms with van der Waals surface area (Å²) in [5.74, 6) is -0.358. The maximum atomic E-state index is 12.0.